The van der Waals surface area contributed by atoms with Crippen LogP contribution in [0.25, 0.3) is 0 Å². The van der Waals surface area contributed by atoms with Crippen molar-refractivity contribution in [1.29, 1.82) is 0 Å². The van der Waals surface area contributed by atoms with E-state index in [0.29, 0.717) is 11.5 Å². The summed E-state index contributed by atoms with van der Waals surface area (Å²) in [7, 11) is 0. The Morgan fingerprint density at radius 2 is 1.61 bits per heavy atom. The predicted molar refractivity (Wildman–Crippen MR) is 81.9 cm³/mol. The van der Waals surface area contributed by atoms with Crippen LogP contribution in [0.2, 0.25) is 0 Å². The van der Waals surface area contributed by atoms with Crippen molar-refractivity contribution < 1.29 is 0 Å². The third-order valence-electron chi connectivity index (χ3n) is 4.37. The molecule has 0 bridgehead atoms. The largest absolute Gasteiger partial charge is 0.314 e. The van der Waals surface area contributed by atoms with Gasteiger partial charge in [0.05, 0.1) is 0 Å². The standard InChI is InChI=1S/C17H35N/c1-14(2)18-13-16-10-8-6-7-9-15(16)11-12-17(3,4)5/h14-16,18H,6-13H2,1-5H3. The molecule has 1 N–H and O–H groups in total. The summed E-state index contributed by atoms with van der Waals surface area (Å²) in [4.78, 5) is 0. The molecule has 0 heterocycles. The lowest BCUT2D eigenvalue weighted by Gasteiger charge is -2.29. The average Bonchev–Trinajstić information content (AvgIpc) is 2.47. The van der Waals surface area contributed by atoms with Crippen LogP contribution in [-0.2, 0) is 0 Å². The van der Waals surface area contributed by atoms with Crippen molar-refractivity contribution in [1.82, 2.24) is 5.32 Å². The van der Waals surface area contributed by atoms with Crippen LogP contribution in [0.3, 0.4) is 0 Å². The van der Waals surface area contributed by atoms with Crippen molar-refractivity contribution in [3.8, 4) is 0 Å². The minimum Gasteiger partial charge on any atom is -0.314 e. The van der Waals surface area contributed by atoms with Gasteiger partial charge in [-0.2, -0.15) is 0 Å². The zero-order chi connectivity index (χ0) is 13.6. The fourth-order valence-corrected chi connectivity index (χ4v) is 3.12. The molecule has 0 aromatic heterocycles. The van der Waals surface area contributed by atoms with E-state index in [1.54, 1.807) is 0 Å². The quantitative estimate of drug-likeness (QED) is 0.679. The van der Waals surface area contributed by atoms with Crippen molar-refractivity contribution >= 4 is 0 Å². The molecule has 2 atom stereocenters. The molecule has 1 aliphatic carbocycles. The average molecular weight is 253 g/mol. The second-order valence-electron chi connectivity index (χ2n) is 7.82. The Labute approximate surface area is 115 Å². The third kappa shape index (κ3) is 6.78. The Hall–Kier alpha value is -0.0400. The lowest BCUT2D eigenvalue weighted by molar-refractivity contribution is 0.237. The second-order valence-corrected chi connectivity index (χ2v) is 7.82. The van der Waals surface area contributed by atoms with Crippen LogP contribution in [-0.4, -0.2) is 12.6 Å². The Balaban J connectivity index is 2.46. The monoisotopic (exact) mass is 253 g/mol. The third-order valence-corrected chi connectivity index (χ3v) is 4.37. The maximum Gasteiger partial charge on any atom is 0.00104 e. The Morgan fingerprint density at radius 3 is 2.17 bits per heavy atom. The van der Waals surface area contributed by atoms with Crippen molar-refractivity contribution in [3.63, 3.8) is 0 Å². The van der Waals surface area contributed by atoms with E-state index in [4.69, 9.17) is 0 Å². The molecule has 0 aromatic rings. The van der Waals surface area contributed by atoms with Gasteiger partial charge in [0.15, 0.2) is 0 Å². The lowest BCUT2D eigenvalue weighted by Crippen LogP contribution is -2.32. The van der Waals surface area contributed by atoms with E-state index in [1.807, 2.05) is 0 Å². The zero-order valence-corrected chi connectivity index (χ0v) is 13.4. The fraction of sp³-hybridized carbons (Fsp3) is 1.00. The van der Waals surface area contributed by atoms with Crippen molar-refractivity contribution in [2.75, 3.05) is 6.54 Å². The number of hydrogen-bond acceptors (Lipinski definition) is 1. The highest BCUT2D eigenvalue weighted by Crippen LogP contribution is 2.34. The molecule has 1 rings (SSSR count). The van der Waals surface area contributed by atoms with Crippen LogP contribution in [0.1, 0.15) is 79.6 Å². The molecule has 1 nitrogen and oxygen atoms in total. The van der Waals surface area contributed by atoms with Gasteiger partial charge in [-0.1, -0.05) is 60.3 Å². The summed E-state index contributed by atoms with van der Waals surface area (Å²) in [5.74, 6) is 1.90. The van der Waals surface area contributed by atoms with Crippen LogP contribution in [0.15, 0.2) is 0 Å². The summed E-state index contributed by atoms with van der Waals surface area (Å²) < 4.78 is 0. The van der Waals surface area contributed by atoms with Gasteiger partial charge >= 0.3 is 0 Å². The summed E-state index contributed by atoms with van der Waals surface area (Å²) in [6, 6.07) is 0.636. The van der Waals surface area contributed by atoms with Gasteiger partial charge in [-0.15, -0.1) is 0 Å². The summed E-state index contributed by atoms with van der Waals surface area (Å²) >= 11 is 0. The minimum absolute atomic E-state index is 0.502. The molecule has 0 radical (unpaired) electrons. The summed E-state index contributed by atoms with van der Waals surface area (Å²) in [6.45, 7) is 12.9. The Morgan fingerprint density at radius 1 is 1.00 bits per heavy atom. The maximum absolute atomic E-state index is 3.67. The first-order valence-corrected chi connectivity index (χ1v) is 8.12. The van der Waals surface area contributed by atoms with Crippen molar-refractivity contribution in [2.45, 2.75) is 85.6 Å². The van der Waals surface area contributed by atoms with Crippen LogP contribution in [0.4, 0.5) is 0 Å². The topological polar surface area (TPSA) is 12.0 Å². The second kappa shape index (κ2) is 7.53. The molecule has 0 spiro atoms. The molecule has 1 aliphatic rings. The smallest absolute Gasteiger partial charge is 0.00104 e. The first-order chi connectivity index (χ1) is 8.38. The number of nitrogens with one attached hydrogen (secondary N) is 1. The van der Waals surface area contributed by atoms with E-state index in [9.17, 15) is 0 Å². The van der Waals surface area contributed by atoms with Crippen LogP contribution >= 0.6 is 0 Å². The normalized spacial score (nSPS) is 26.3. The van der Waals surface area contributed by atoms with E-state index in [1.165, 1.54) is 51.5 Å². The van der Waals surface area contributed by atoms with E-state index in [-0.39, 0.29) is 0 Å². The van der Waals surface area contributed by atoms with E-state index < -0.39 is 0 Å². The molecule has 1 heteroatoms. The molecule has 0 amide bonds. The van der Waals surface area contributed by atoms with Gasteiger partial charge < -0.3 is 5.32 Å². The van der Waals surface area contributed by atoms with E-state index in [0.717, 1.165) is 11.8 Å². The van der Waals surface area contributed by atoms with Crippen molar-refractivity contribution in [2.24, 2.45) is 17.3 Å². The highest BCUT2D eigenvalue weighted by Gasteiger charge is 2.25. The molecule has 1 saturated carbocycles. The Kier molecular flexibility index (Phi) is 6.70. The van der Waals surface area contributed by atoms with Gasteiger partial charge in [0.2, 0.25) is 0 Å². The van der Waals surface area contributed by atoms with Gasteiger partial charge in [0, 0.05) is 6.04 Å². The summed E-state index contributed by atoms with van der Waals surface area (Å²) in [5.41, 5.74) is 0.502. The summed E-state index contributed by atoms with van der Waals surface area (Å²) in [6.07, 6.45) is 10.1. The molecule has 0 aromatic carbocycles. The fourth-order valence-electron chi connectivity index (χ4n) is 3.12. The lowest BCUT2D eigenvalue weighted by atomic mass is 9.79. The predicted octanol–water partition coefficient (Wildman–Crippen LogP) is 5.01. The first kappa shape index (κ1) is 16.0. The molecular weight excluding hydrogens is 218 g/mol. The van der Waals surface area contributed by atoms with Gasteiger partial charge in [0.25, 0.3) is 0 Å². The maximum atomic E-state index is 3.67. The van der Waals surface area contributed by atoms with Crippen LogP contribution < -0.4 is 5.32 Å². The number of hydrogen-bond donors (Lipinski definition) is 1. The molecular formula is C17H35N. The molecule has 0 saturated heterocycles. The molecule has 108 valence electrons. The minimum atomic E-state index is 0.502. The summed E-state index contributed by atoms with van der Waals surface area (Å²) in [5, 5.41) is 3.67. The molecule has 1 fully saturated rings. The van der Waals surface area contributed by atoms with Gasteiger partial charge in [0.1, 0.15) is 0 Å². The first-order valence-electron chi connectivity index (χ1n) is 8.12. The van der Waals surface area contributed by atoms with E-state index in [2.05, 4.69) is 39.9 Å². The number of rotatable bonds is 5. The van der Waals surface area contributed by atoms with Crippen LogP contribution in [0, 0.1) is 17.3 Å². The molecule has 18 heavy (non-hydrogen) atoms. The van der Waals surface area contributed by atoms with Gasteiger partial charge in [-0.25, -0.2) is 0 Å². The van der Waals surface area contributed by atoms with E-state index >= 15 is 0 Å². The van der Waals surface area contributed by atoms with Gasteiger partial charge in [-0.05, 0) is 43.1 Å². The SMILES string of the molecule is CC(C)NCC1CCCCCC1CCC(C)(C)C. The van der Waals surface area contributed by atoms with Crippen molar-refractivity contribution in [3.05, 3.63) is 0 Å². The molecule has 0 aliphatic heterocycles. The Bertz CT molecular complexity index is 214. The molecule has 2 unspecified atom stereocenters. The zero-order valence-electron chi connectivity index (χ0n) is 13.4. The van der Waals surface area contributed by atoms with Gasteiger partial charge in [-0.3, -0.25) is 0 Å². The highest BCUT2D eigenvalue weighted by molar-refractivity contribution is 4.78. The van der Waals surface area contributed by atoms with Crippen LogP contribution in [0.5, 0.6) is 0 Å². The highest BCUT2D eigenvalue weighted by atomic mass is 14.9.